The van der Waals surface area contributed by atoms with Crippen LogP contribution in [0.4, 0.5) is 0 Å². The number of hydrogen-bond donors (Lipinski definition) is 0. The molecule has 1 atom stereocenters. The van der Waals surface area contributed by atoms with Crippen LogP contribution in [0.2, 0.25) is 0 Å². The summed E-state index contributed by atoms with van der Waals surface area (Å²) in [7, 11) is 2.33. The number of unbranched alkanes of at least 4 members (excludes halogenated alkanes) is 1. The van der Waals surface area contributed by atoms with E-state index in [0.717, 1.165) is 6.04 Å². The molecule has 1 heterocycles. The zero-order chi connectivity index (χ0) is 14.8. The van der Waals surface area contributed by atoms with Crippen LogP contribution in [0.5, 0.6) is 0 Å². The summed E-state index contributed by atoms with van der Waals surface area (Å²) in [5.41, 5.74) is 3.83. The molecule has 0 aromatic carbocycles. The van der Waals surface area contributed by atoms with Crippen molar-refractivity contribution in [2.24, 2.45) is 10.8 Å². The van der Waals surface area contributed by atoms with Gasteiger partial charge in [0.2, 0.25) is 0 Å². The topological polar surface area (TPSA) is 3.24 Å². The second kappa shape index (κ2) is 5.89. The summed E-state index contributed by atoms with van der Waals surface area (Å²) in [6.45, 7) is 16.5. The highest BCUT2D eigenvalue weighted by atomic mass is 15.2. The van der Waals surface area contributed by atoms with Crippen molar-refractivity contribution in [3.8, 4) is 0 Å². The molecule has 0 radical (unpaired) electrons. The van der Waals surface area contributed by atoms with E-state index in [1.165, 1.54) is 32.1 Å². The number of nitrogens with zero attached hydrogens (tertiary/aromatic N) is 1. The summed E-state index contributed by atoms with van der Waals surface area (Å²) in [4.78, 5) is 2.61. The maximum Gasteiger partial charge on any atom is 0.0286 e. The lowest BCUT2D eigenvalue weighted by Gasteiger charge is -2.46. The van der Waals surface area contributed by atoms with Crippen molar-refractivity contribution in [2.45, 2.75) is 86.6 Å². The minimum Gasteiger partial charge on any atom is -0.374 e. The van der Waals surface area contributed by atoms with Crippen LogP contribution >= 0.6 is 0 Å². The lowest BCUT2D eigenvalue weighted by atomic mass is 9.73. The smallest absolute Gasteiger partial charge is 0.0286 e. The third-order valence-corrected chi connectivity index (χ3v) is 4.42. The van der Waals surface area contributed by atoms with Crippen LogP contribution in [0, 0.1) is 10.8 Å². The fourth-order valence-electron chi connectivity index (χ4n) is 3.51. The Bertz CT molecular complexity index is 325. The monoisotopic (exact) mass is 265 g/mol. The Labute approximate surface area is 121 Å². The average Bonchev–Trinajstić information content (AvgIpc) is 2.24. The van der Waals surface area contributed by atoms with Crippen molar-refractivity contribution in [3.05, 3.63) is 11.3 Å². The van der Waals surface area contributed by atoms with Gasteiger partial charge in [-0.15, -0.1) is 0 Å². The first kappa shape index (κ1) is 16.6. The summed E-state index contributed by atoms with van der Waals surface area (Å²) < 4.78 is 0. The van der Waals surface area contributed by atoms with E-state index in [2.05, 4.69) is 60.4 Å². The highest BCUT2D eigenvalue weighted by molar-refractivity contribution is 5.27. The maximum atomic E-state index is 2.61. The largest absolute Gasteiger partial charge is 0.374 e. The van der Waals surface area contributed by atoms with E-state index >= 15 is 0 Å². The van der Waals surface area contributed by atoms with Gasteiger partial charge in [0.15, 0.2) is 0 Å². The molecule has 0 N–H and O–H groups in total. The molecule has 1 rings (SSSR count). The number of allylic oxidation sites excluding steroid dienone is 2. The van der Waals surface area contributed by atoms with Gasteiger partial charge in [0.1, 0.15) is 0 Å². The van der Waals surface area contributed by atoms with Crippen molar-refractivity contribution >= 4 is 0 Å². The zero-order valence-corrected chi connectivity index (χ0v) is 14.6. The molecule has 1 unspecified atom stereocenters. The summed E-state index contributed by atoms with van der Waals surface area (Å²) in [5.74, 6) is 0. The van der Waals surface area contributed by atoms with E-state index in [1.54, 1.807) is 11.3 Å². The van der Waals surface area contributed by atoms with Crippen LogP contribution in [-0.4, -0.2) is 18.0 Å². The van der Waals surface area contributed by atoms with Crippen LogP contribution in [0.25, 0.3) is 0 Å². The molecule has 1 heteroatoms. The molecule has 0 bridgehead atoms. The summed E-state index contributed by atoms with van der Waals surface area (Å²) in [5, 5.41) is 0. The molecule has 0 amide bonds. The van der Waals surface area contributed by atoms with Gasteiger partial charge in [0, 0.05) is 24.2 Å². The Morgan fingerprint density at radius 3 is 2.05 bits per heavy atom. The van der Waals surface area contributed by atoms with Crippen molar-refractivity contribution in [1.29, 1.82) is 0 Å². The summed E-state index contributed by atoms with van der Waals surface area (Å²) in [6, 6.07) is 0.750. The highest BCUT2D eigenvalue weighted by Crippen LogP contribution is 2.44. The van der Waals surface area contributed by atoms with Crippen molar-refractivity contribution in [3.63, 3.8) is 0 Å². The molecular formula is C18H35N. The van der Waals surface area contributed by atoms with Crippen LogP contribution in [0.3, 0.4) is 0 Å². The molecule has 0 fully saturated rings. The normalized spacial score (nSPS) is 22.1. The summed E-state index contributed by atoms with van der Waals surface area (Å²) >= 11 is 0. The first-order valence-corrected chi connectivity index (χ1v) is 8.06. The second-order valence-electron chi connectivity index (χ2n) is 8.27. The molecule has 1 aliphatic rings. The zero-order valence-electron chi connectivity index (χ0n) is 14.6. The number of hydrogen-bond acceptors (Lipinski definition) is 1. The molecule has 19 heavy (non-hydrogen) atoms. The van der Waals surface area contributed by atoms with Gasteiger partial charge < -0.3 is 4.90 Å². The molecule has 0 aliphatic carbocycles. The second-order valence-corrected chi connectivity index (χ2v) is 8.27. The minimum atomic E-state index is 0.252. The lowest BCUT2D eigenvalue weighted by molar-refractivity contribution is 0.183. The van der Waals surface area contributed by atoms with Gasteiger partial charge in [0.25, 0.3) is 0 Å². The molecule has 1 aliphatic heterocycles. The molecule has 0 spiro atoms. The minimum absolute atomic E-state index is 0.252. The van der Waals surface area contributed by atoms with Gasteiger partial charge in [-0.3, -0.25) is 0 Å². The predicted octanol–water partition coefficient (Wildman–Crippen LogP) is 5.62. The van der Waals surface area contributed by atoms with Crippen LogP contribution in [0.1, 0.15) is 80.6 Å². The van der Waals surface area contributed by atoms with Gasteiger partial charge in [-0.1, -0.05) is 61.3 Å². The first-order valence-electron chi connectivity index (χ1n) is 8.06. The Kier molecular flexibility index (Phi) is 5.15. The first-order chi connectivity index (χ1) is 8.59. The quantitative estimate of drug-likeness (QED) is 0.640. The molecular weight excluding hydrogens is 230 g/mol. The van der Waals surface area contributed by atoms with E-state index in [1.807, 2.05) is 0 Å². The Hall–Kier alpha value is -0.460. The van der Waals surface area contributed by atoms with E-state index in [0.29, 0.717) is 5.41 Å². The van der Waals surface area contributed by atoms with Gasteiger partial charge in [-0.05, 0) is 30.3 Å². The van der Waals surface area contributed by atoms with E-state index < -0.39 is 0 Å². The SMILES string of the molecule is CCCCC1CCC(C(C)(C)C)=C(C(C)(C)C)N1C. The van der Waals surface area contributed by atoms with Crippen molar-refractivity contribution in [1.82, 2.24) is 4.90 Å². The van der Waals surface area contributed by atoms with E-state index in [4.69, 9.17) is 0 Å². The van der Waals surface area contributed by atoms with Crippen molar-refractivity contribution in [2.75, 3.05) is 7.05 Å². The van der Waals surface area contributed by atoms with Gasteiger partial charge >= 0.3 is 0 Å². The maximum absolute atomic E-state index is 2.61. The molecule has 112 valence electrons. The van der Waals surface area contributed by atoms with E-state index in [-0.39, 0.29) is 5.41 Å². The third-order valence-electron chi connectivity index (χ3n) is 4.42. The molecule has 0 aromatic rings. The Morgan fingerprint density at radius 2 is 1.63 bits per heavy atom. The standard InChI is InChI=1S/C18H35N/c1-9-10-11-14-12-13-15(17(2,3)4)16(19(14)8)18(5,6)7/h14H,9-13H2,1-8H3. The molecule has 0 saturated heterocycles. The van der Waals surface area contributed by atoms with Crippen LogP contribution in [0.15, 0.2) is 11.3 Å². The highest BCUT2D eigenvalue weighted by Gasteiger charge is 2.35. The van der Waals surface area contributed by atoms with E-state index in [9.17, 15) is 0 Å². The van der Waals surface area contributed by atoms with Crippen LogP contribution in [-0.2, 0) is 0 Å². The van der Waals surface area contributed by atoms with Gasteiger partial charge in [-0.2, -0.15) is 0 Å². The third kappa shape index (κ3) is 4.00. The average molecular weight is 265 g/mol. The van der Waals surface area contributed by atoms with Gasteiger partial charge in [0.05, 0.1) is 0 Å². The van der Waals surface area contributed by atoms with Crippen molar-refractivity contribution < 1.29 is 0 Å². The molecule has 0 saturated carbocycles. The molecule has 1 nitrogen and oxygen atoms in total. The fourth-order valence-corrected chi connectivity index (χ4v) is 3.51. The summed E-state index contributed by atoms with van der Waals surface area (Å²) in [6.07, 6.45) is 6.64. The Morgan fingerprint density at radius 1 is 1.05 bits per heavy atom. The Balaban J connectivity index is 3.11. The van der Waals surface area contributed by atoms with Gasteiger partial charge in [-0.25, -0.2) is 0 Å². The fraction of sp³-hybridized carbons (Fsp3) is 0.889. The predicted molar refractivity (Wildman–Crippen MR) is 86.2 cm³/mol. The number of rotatable bonds is 3. The lowest BCUT2D eigenvalue weighted by Crippen LogP contribution is -2.42. The van der Waals surface area contributed by atoms with Crippen LogP contribution < -0.4 is 0 Å². The molecule has 0 aromatic heterocycles.